The minimum atomic E-state index is -4.45. The van der Waals surface area contributed by atoms with Gasteiger partial charge in [-0.2, -0.15) is 13.2 Å². The Kier molecular flexibility index (Phi) is 4.60. The number of halogens is 3. The Hall–Kier alpha value is -1.83. The first-order valence-corrected chi connectivity index (χ1v) is 9.76. The van der Waals surface area contributed by atoms with E-state index in [-0.39, 0.29) is 23.3 Å². The number of rotatable bonds is 3. The van der Waals surface area contributed by atoms with E-state index in [2.05, 4.69) is 4.98 Å². The van der Waals surface area contributed by atoms with Gasteiger partial charge in [-0.3, -0.25) is 4.79 Å². The van der Waals surface area contributed by atoms with Gasteiger partial charge >= 0.3 is 6.18 Å². The average Bonchev–Trinajstić information content (AvgIpc) is 2.57. The largest absolute Gasteiger partial charge is 0.489 e. The smallest absolute Gasteiger partial charge is 0.433 e. The Bertz CT molecular complexity index is 724. The van der Waals surface area contributed by atoms with Crippen LogP contribution in [0.1, 0.15) is 51.1 Å². The number of hydrogen-bond donors (Lipinski definition) is 1. The number of alkyl halides is 3. The molecule has 1 amide bonds. The highest BCUT2D eigenvalue weighted by Crippen LogP contribution is 2.47. The second kappa shape index (κ2) is 6.61. The SMILES string of the molecule is CC1(O)CC(C(=O)N2CC3(CCC(Oc4ccc(C(F)(F)F)nc4)CC3)C2)C1. The van der Waals surface area contributed by atoms with Crippen molar-refractivity contribution in [3.8, 4) is 5.75 Å². The molecular formula is C20H25F3N2O3. The maximum atomic E-state index is 12.6. The predicted octanol–water partition coefficient (Wildman–Crippen LogP) is 3.41. The monoisotopic (exact) mass is 398 g/mol. The highest BCUT2D eigenvalue weighted by atomic mass is 19.4. The minimum absolute atomic E-state index is 0.0318. The Morgan fingerprint density at radius 1 is 1.25 bits per heavy atom. The number of aliphatic hydroxyl groups is 1. The summed E-state index contributed by atoms with van der Waals surface area (Å²) in [5.74, 6) is 0.474. The van der Waals surface area contributed by atoms with Crippen molar-refractivity contribution < 1.29 is 27.8 Å². The number of nitrogens with zero attached hydrogens (tertiary/aromatic N) is 2. The standard InChI is InChI=1S/C20H25F3N2O3/c1-18(27)8-13(9-18)17(26)25-11-19(12-25)6-4-14(5-7-19)28-15-2-3-16(24-10-15)20(21,22)23/h2-3,10,13-14,27H,4-9,11-12H2,1H3. The van der Waals surface area contributed by atoms with Crippen LogP contribution in [0.3, 0.4) is 0 Å². The summed E-state index contributed by atoms with van der Waals surface area (Å²) in [5.41, 5.74) is -1.46. The molecule has 28 heavy (non-hydrogen) atoms. The van der Waals surface area contributed by atoms with Crippen molar-refractivity contribution in [3.63, 3.8) is 0 Å². The lowest BCUT2D eigenvalue weighted by Gasteiger charge is -2.55. The molecule has 3 fully saturated rings. The fourth-order valence-corrected chi connectivity index (χ4v) is 4.80. The lowest BCUT2D eigenvalue weighted by Crippen LogP contribution is -2.63. The molecule has 0 atom stereocenters. The molecule has 0 aromatic carbocycles. The van der Waals surface area contributed by atoms with Gasteiger partial charge in [-0.1, -0.05) is 0 Å². The quantitative estimate of drug-likeness (QED) is 0.848. The molecule has 0 unspecified atom stereocenters. The van der Waals surface area contributed by atoms with Gasteiger partial charge in [0.1, 0.15) is 11.4 Å². The van der Waals surface area contributed by atoms with E-state index >= 15 is 0 Å². The van der Waals surface area contributed by atoms with Crippen LogP contribution in [0.15, 0.2) is 18.3 Å². The number of carbonyl (C=O) groups excluding carboxylic acids is 1. The van der Waals surface area contributed by atoms with Crippen LogP contribution >= 0.6 is 0 Å². The van der Waals surface area contributed by atoms with Gasteiger partial charge in [-0.05, 0) is 57.6 Å². The first-order chi connectivity index (χ1) is 13.1. The lowest BCUT2D eigenvalue weighted by molar-refractivity contribution is -0.164. The van der Waals surface area contributed by atoms with Crippen molar-refractivity contribution in [2.45, 2.75) is 63.3 Å². The van der Waals surface area contributed by atoms with E-state index in [0.717, 1.165) is 51.0 Å². The normalized spacial score (nSPS) is 29.9. The zero-order valence-electron chi connectivity index (χ0n) is 15.8. The molecule has 4 rings (SSSR count). The van der Waals surface area contributed by atoms with Crippen LogP contribution in [0.25, 0.3) is 0 Å². The van der Waals surface area contributed by atoms with Crippen LogP contribution in [-0.4, -0.2) is 45.7 Å². The van der Waals surface area contributed by atoms with E-state index in [0.29, 0.717) is 18.6 Å². The maximum Gasteiger partial charge on any atom is 0.433 e. The molecule has 0 radical (unpaired) electrons. The molecule has 1 aromatic heterocycles. The van der Waals surface area contributed by atoms with E-state index in [1.165, 1.54) is 6.07 Å². The summed E-state index contributed by atoms with van der Waals surface area (Å²) in [5, 5.41) is 9.81. The Morgan fingerprint density at radius 3 is 2.39 bits per heavy atom. The second-order valence-corrected chi connectivity index (χ2v) is 8.99. The van der Waals surface area contributed by atoms with E-state index < -0.39 is 17.5 Å². The highest BCUT2D eigenvalue weighted by molar-refractivity contribution is 5.81. The molecule has 5 nitrogen and oxygen atoms in total. The van der Waals surface area contributed by atoms with Crippen molar-refractivity contribution in [1.82, 2.24) is 9.88 Å². The van der Waals surface area contributed by atoms with Crippen LogP contribution in [0.2, 0.25) is 0 Å². The topological polar surface area (TPSA) is 62.7 Å². The number of likely N-dealkylation sites (tertiary alicyclic amines) is 1. The summed E-state index contributed by atoms with van der Waals surface area (Å²) in [7, 11) is 0. The number of carbonyl (C=O) groups is 1. The maximum absolute atomic E-state index is 12.6. The number of ether oxygens (including phenoxy) is 1. The van der Waals surface area contributed by atoms with Gasteiger partial charge in [0.15, 0.2) is 0 Å². The van der Waals surface area contributed by atoms with Crippen LogP contribution in [0.5, 0.6) is 5.75 Å². The van der Waals surface area contributed by atoms with E-state index in [1.54, 1.807) is 6.92 Å². The van der Waals surface area contributed by atoms with Gasteiger partial charge in [0.2, 0.25) is 5.91 Å². The van der Waals surface area contributed by atoms with E-state index in [9.17, 15) is 23.1 Å². The van der Waals surface area contributed by atoms with Crippen LogP contribution in [0.4, 0.5) is 13.2 Å². The molecule has 1 N–H and O–H groups in total. The molecule has 3 aliphatic rings. The summed E-state index contributed by atoms with van der Waals surface area (Å²) in [6, 6.07) is 2.25. The van der Waals surface area contributed by atoms with Gasteiger partial charge in [0, 0.05) is 24.4 Å². The first kappa shape index (κ1) is 19.5. The number of pyridine rings is 1. The summed E-state index contributed by atoms with van der Waals surface area (Å²) >= 11 is 0. The molecule has 2 saturated carbocycles. The molecule has 154 valence electrons. The molecule has 1 spiro atoms. The van der Waals surface area contributed by atoms with Crippen molar-refractivity contribution in [2.75, 3.05) is 13.1 Å². The Morgan fingerprint density at radius 2 is 1.89 bits per heavy atom. The van der Waals surface area contributed by atoms with Crippen molar-refractivity contribution in [2.24, 2.45) is 11.3 Å². The molecule has 8 heteroatoms. The predicted molar refractivity (Wildman–Crippen MR) is 94.5 cm³/mol. The van der Waals surface area contributed by atoms with Crippen LogP contribution < -0.4 is 4.74 Å². The summed E-state index contributed by atoms with van der Waals surface area (Å²) < 4.78 is 43.5. The number of aromatic nitrogens is 1. The minimum Gasteiger partial charge on any atom is -0.489 e. The molecule has 1 saturated heterocycles. The third-order valence-corrected chi connectivity index (χ3v) is 6.41. The fraction of sp³-hybridized carbons (Fsp3) is 0.700. The first-order valence-electron chi connectivity index (χ1n) is 9.76. The summed E-state index contributed by atoms with van der Waals surface area (Å²) in [6.45, 7) is 3.29. The highest BCUT2D eigenvalue weighted by Gasteiger charge is 2.51. The van der Waals surface area contributed by atoms with Crippen LogP contribution in [0, 0.1) is 11.3 Å². The second-order valence-electron chi connectivity index (χ2n) is 8.99. The third kappa shape index (κ3) is 3.83. The van der Waals surface area contributed by atoms with Crippen molar-refractivity contribution in [1.29, 1.82) is 0 Å². The van der Waals surface area contributed by atoms with E-state index in [4.69, 9.17) is 4.74 Å². The van der Waals surface area contributed by atoms with Gasteiger partial charge in [-0.25, -0.2) is 4.98 Å². The molecule has 1 aromatic rings. The summed E-state index contributed by atoms with van der Waals surface area (Å²) in [4.78, 5) is 17.8. The Balaban J connectivity index is 1.23. The van der Waals surface area contributed by atoms with Crippen molar-refractivity contribution >= 4 is 5.91 Å². The van der Waals surface area contributed by atoms with Gasteiger partial charge in [0.25, 0.3) is 0 Å². The lowest BCUT2D eigenvalue weighted by atomic mass is 9.66. The Labute approximate surface area is 161 Å². The number of hydrogen-bond acceptors (Lipinski definition) is 4. The molecule has 1 aliphatic heterocycles. The average molecular weight is 398 g/mol. The van der Waals surface area contributed by atoms with Gasteiger partial charge in [-0.15, -0.1) is 0 Å². The van der Waals surface area contributed by atoms with Crippen LogP contribution in [-0.2, 0) is 11.0 Å². The molecule has 0 bridgehead atoms. The molecular weight excluding hydrogens is 373 g/mol. The third-order valence-electron chi connectivity index (χ3n) is 6.41. The fourth-order valence-electron chi connectivity index (χ4n) is 4.80. The van der Waals surface area contributed by atoms with Gasteiger partial charge < -0.3 is 14.7 Å². The summed E-state index contributed by atoms with van der Waals surface area (Å²) in [6.07, 6.45) is 1.27. The van der Waals surface area contributed by atoms with Crippen molar-refractivity contribution in [3.05, 3.63) is 24.0 Å². The zero-order chi connectivity index (χ0) is 20.2. The zero-order valence-corrected chi connectivity index (χ0v) is 15.8. The van der Waals surface area contributed by atoms with E-state index in [1.807, 2.05) is 4.90 Å². The van der Waals surface area contributed by atoms with Gasteiger partial charge in [0.05, 0.1) is 17.9 Å². The molecule has 2 aliphatic carbocycles. The molecule has 2 heterocycles. The number of amides is 1.